The van der Waals surface area contributed by atoms with Crippen LogP contribution in [0.4, 0.5) is 0 Å². The number of esters is 1. The number of benzene rings is 4. The summed E-state index contributed by atoms with van der Waals surface area (Å²) in [5, 5.41) is 3.14. The van der Waals surface area contributed by atoms with Crippen LogP contribution in [0.5, 0.6) is 5.75 Å². The van der Waals surface area contributed by atoms with Crippen molar-refractivity contribution in [2.45, 2.75) is 26.2 Å². The summed E-state index contributed by atoms with van der Waals surface area (Å²) in [5.74, 6) is 1.87. The Kier molecular flexibility index (Phi) is 7.72. The van der Waals surface area contributed by atoms with Crippen LogP contribution in [-0.4, -0.2) is 49.6 Å². The quantitative estimate of drug-likeness (QED) is 0.138. The van der Waals surface area contributed by atoms with E-state index in [9.17, 15) is 4.79 Å². The van der Waals surface area contributed by atoms with E-state index in [4.69, 9.17) is 49.3 Å². The largest absolute Gasteiger partial charge is 2.00 e. The fourth-order valence-corrected chi connectivity index (χ4v) is 6.30. The first-order chi connectivity index (χ1) is 24.2. The molecule has 7 aromatic rings. The third-order valence-electron chi connectivity index (χ3n) is 8.94. The Bertz CT molecular complexity index is 2730. The minimum atomic E-state index is -0.489. The molecule has 11 nitrogen and oxygen atoms in total. The molecule has 0 N–H and O–H groups in total. The van der Waals surface area contributed by atoms with Gasteiger partial charge in [-0.15, -0.1) is 0 Å². The summed E-state index contributed by atoms with van der Waals surface area (Å²) in [7, 11) is 1.32. The predicted octanol–water partition coefficient (Wildman–Crippen LogP) is 6.97. The van der Waals surface area contributed by atoms with Gasteiger partial charge in [0.1, 0.15) is 5.75 Å². The maximum Gasteiger partial charge on any atom is 2.00 e. The molecule has 0 saturated carbocycles. The Morgan fingerprint density at radius 3 is 1.47 bits per heavy atom. The first-order valence-electron chi connectivity index (χ1n) is 16.1. The summed E-state index contributed by atoms with van der Waals surface area (Å²) < 4.78 is 10.5. The van der Waals surface area contributed by atoms with Gasteiger partial charge in [0.15, 0.2) is 6.61 Å². The zero-order chi connectivity index (χ0) is 34.1. The van der Waals surface area contributed by atoms with Gasteiger partial charge in [-0.25, -0.2) is 14.8 Å². The Hall–Kier alpha value is -5.87. The predicted molar refractivity (Wildman–Crippen MR) is 190 cm³/mol. The average molecular weight is 722 g/mol. The van der Waals surface area contributed by atoms with E-state index in [0.717, 1.165) is 44.0 Å². The fourth-order valence-electron chi connectivity index (χ4n) is 6.30. The van der Waals surface area contributed by atoms with Crippen LogP contribution in [0.1, 0.15) is 26.3 Å². The minimum Gasteiger partial charge on any atom is -0.482 e. The van der Waals surface area contributed by atoms with Crippen LogP contribution in [0.3, 0.4) is 0 Å². The molecule has 3 aromatic heterocycles. The minimum absolute atomic E-state index is 0. The van der Waals surface area contributed by atoms with Crippen LogP contribution in [0.2, 0.25) is 0 Å². The molecule has 0 atom stereocenters. The van der Waals surface area contributed by atoms with E-state index in [-0.39, 0.29) is 31.5 Å². The van der Waals surface area contributed by atoms with Crippen molar-refractivity contribution in [1.82, 2.24) is 39.9 Å². The van der Waals surface area contributed by atoms with Gasteiger partial charge in [-0.1, -0.05) is 81.4 Å². The van der Waals surface area contributed by atoms with Gasteiger partial charge >= 0.3 is 25.4 Å². The number of methoxy groups -OCH3 is 1. The number of fused-ring (bicyclic) bond motifs is 20. The van der Waals surface area contributed by atoms with E-state index in [1.54, 1.807) is 12.1 Å². The van der Waals surface area contributed by atoms with Crippen LogP contribution < -0.4 is 14.7 Å². The van der Waals surface area contributed by atoms with Gasteiger partial charge in [-0.2, -0.15) is 0 Å². The van der Waals surface area contributed by atoms with Crippen molar-refractivity contribution in [1.29, 1.82) is 0 Å². The number of ether oxygens (including phenoxy) is 2. The molecule has 0 unspecified atom stereocenters. The maximum absolute atomic E-state index is 11.8. The average Bonchev–Trinajstić information content (AvgIpc) is 3.85. The number of carbonyl (C=O) groups is 1. The zero-order valence-corrected chi connectivity index (χ0v) is 31.3. The molecule has 0 radical (unpaired) electrons. The zero-order valence-electron chi connectivity index (χ0n) is 28.3. The number of nitrogens with zero attached hydrogens (tertiary/aromatic N) is 8. The normalized spacial score (nSPS) is 11.9. The summed E-state index contributed by atoms with van der Waals surface area (Å²) in [6, 6.07) is 27.4. The van der Waals surface area contributed by atoms with Gasteiger partial charge in [-0.3, -0.25) is 0 Å². The SMILES string of the molecule is COC(=O)COc1ccc2c3nc4nc(nc5[n-]c(nc6nc(nc([n-]3)c2c1)-c1ccccc1-6)c1cc(C(C)(C)C)ccc51)-c1ccccc1-4.[Zn+2]. The van der Waals surface area contributed by atoms with E-state index in [2.05, 4.69) is 39.0 Å². The molecule has 0 saturated heterocycles. The first-order valence-corrected chi connectivity index (χ1v) is 16.1. The second-order valence-electron chi connectivity index (χ2n) is 13.2. The van der Waals surface area contributed by atoms with Crippen molar-refractivity contribution in [3.05, 3.63) is 90.5 Å². The van der Waals surface area contributed by atoms with Crippen molar-refractivity contribution < 1.29 is 33.7 Å². The molecule has 244 valence electrons. The topological polar surface area (TPSA) is 141 Å². The molecule has 2 aliphatic rings. The Labute approximate surface area is 304 Å². The smallest absolute Gasteiger partial charge is 0.482 e. The molecule has 5 heterocycles. The van der Waals surface area contributed by atoms with Crippen LogP contribution in [0.15, 0.2) is 84.9 Å². The number of aromatic nitrogens is 8. The molecular weight excluding hydrogens is 694 g/mol. The summed E-state index contributed by atoms with van der Waals surface area (Å²) >= 11 is 0. The van der Waals surface area contributed by atoms with E-state index in [1.807, 2.05) is 54.6 Å². The van der Waals surface area contributed by atoms with Crippen molar-refractivity contribution >= 4 is 50.1 Å². The van der Waals surface area contributed by atoms with Crippen molar-refractivity contribution in [2.24, 2.45) is 0 Å². The van der Waals surface area contributed by atoms with Crippen molar-refractivity contribution in [3.63, 3.8) is 0 Å². The van der Waals surface area contributed by atoms with Crippen LogP contribution in [-0.2, 0) is 34.4 Å². The van der Waals surface area contributed by atoms with Crippen LogP contribution in [0, 0.1) is 0 Å². The molecule has 0 fully saturated rings. The van der Waals surface area contributed by atoms with Gasteiger partial charge in [0.25, 0.3) is 0 Å². The number of hydrogen-bond acceptors (Lipinski definition) is 9. The molecule has 0 spiro atoms. The molecule has 51 heavy (non-hydrogen) atoms. The Balaban J connectivity index is 0.00000374. The standard InChI is InChI=1S/C39H28N8O3.Zn/c1-39(2,3)20-13-15-26-28(17-20)37-44-33-24-11-7-8-12-25(24)34(41-33)45-38-29-18-21(50-19-30(48)49-4)14-16-27(29)36(47-38)43-32-23-10-6-5-9-22(23)31(40-32)42-35(26)46-37;/h5-18H,19H2,1-4H3;/q-2;+2. The van der Waals surface area contributed by atoms with Crippen molar-refractivity contribution in [3.8, 4) is 51.3 Å². The molecule has 0 amide bonds. The number of hydrogen-bond donors (Lipinski definition) is 0. The fraction of sp³-hybridized carbons (Fsp3) is 0.154. The maximum atomic E-state index is 11.8. The molecule has 4 aromatic carbocycles. The Morgan fingerprint density at radius 1 is 0.588 bits per heavy atom. The summed E-state index contributed by atoms with van der Waals surface area (Å²) in [6.45, 7) is 6.30. The molecule has 0 aliphatic carbocycles. The third kappa shape index (κ3) is 5.52. The molecule has 2 aliphatic heterocycles. The summed E-state index contributed by atoms with van der Waals surface area (Å²) in [5.41, 5.74) is 6.20. The monoisotopic (exact) mass is 720 g/mol. The molecule has 9 rings (SSSR count). The van der Waals surface area contributed by atoms with Gasteiger partial charge in [0.2, 0.25) is 0 Å². The van der Waals surface area contributed by atoms with E-state index in [1.165, 1.54) is 7.11 Å². The van der Waals surface area contributed by atoms with Crippen molar-refractivity contribution in [2.75, 3.05) is 13.7 Å². The van der Waals surface area contributed by atoms with Gasteiger partial charge in [0, 0.05) is 44.8 Å². The van der Waals surface area contributed by atoms with E-state index >= 15 is 0 Å². The van der Waals surface area contributed by atoms with E-state index in [0.29, 0.717) is 57.0 Å². The second-order valence-corrected chi connectivity index (χ2v) is 13.2. The summed E-state index contributed by atoms with van der Waals surface area (Å²) in [4.78, 5) is 51.7. The third-order valence-corrected chi connectivity index (χ3v) is 8.94. The van der Waals surface area contributed by atoms with Crippen LogP contribution >= 0.6 is 0 Å². The Morgan fingerprint density at radius 2 is 1.02 bits per heavy atom. The second kappa shape index (κ2) is 12.2. The van der Waals surface area contributed by atoms with Crippen LogP contribution in [0.25, 0.3) is 89.7 Å². The van der Waals surface area contributed by atoms with Gasteiger partial charge in [0.05, 0.1) is 30.4 Å². The van der Waals surface area contributed by atoms with E-state index < -0.39 is 5.97 Å². The molecule has 12 heteroatoms. The number of rotatable bonds is 3. The van der Waals surface area contributed by atoms with Gasteiger partial charge in [-0.05, 0) is 56.8 Å². The summed E-state index contributed by atoms with van der Waals surface area (Å²) in [6.07, 6.45) is 0. The molecular formula is C39H28N8O3Zn. The first kappa shape index (κ1) is 32.3. The molecule has 8 bridgehead atoms. The number of carbonyl (C=O) groups excluding carboxylic acids is 1. The van der Waals surface area contributed by atoms with Gasteiger partial charge < -0.3 is 39.4 Å².